The minimum atomic E-state index is -0.0768. The number of phenolic OH excluding ortho intramolecular Hbond substituents is 4. The molecule has 0 atom stereocenters. The van der Waals surface area contributed by atoms with E-state index in [1.165, 1.54) is 27.7 Å². The fourth-order valence-electron chi connectivity index (χ4n) is 6.79. The summed E-state index contributed by atoms with van der Waals surface area (Å²) in [6.07, 6.45) is 0.716. The van der Waals surface area contributed by atoms with Gasteiger partial charge in [0.15, 0.2) is 0 Å². The maximum atomic E-state index is 12.2. The average molecular weight is 649 g/mol. The van der Waals surface area contributed by atoms with Gasteiger partial charge in [0.2, 0.25) is 0 Å². The Hall–Kier alpha value is -5.24. The fourth-order valence-corrected chi connectivity index (χ4v) is 6.79. The van der Waals surface area contributed by atoms with E-state index in [0.29, 0.717) is 66.8 Å². The van der Waals surface area contributed by atoms with Crippen LogP contribution in [0.25, 0.3) is 0 Å². The van der Waals surface area contributed by atoms with Gasteiger partial charge in [-0.15, -0.1) is 0 Å². The molecule has 0 aliphatic heterocycles. The Morgan fingerprint density at radius 2 is 0.521 bits per heavy atom. The third kappa shape index (κ3) is 7.82. The van der Waals surface area contributed by atoms with E-state index in [-0.39, 0.29) is 97.5 Å². The number of benzene rings is 4. The predicted molar refractivity (Wildman–Crippen MR) is 181 cm³/mol. The van der Waals surface area contributed by atoms with Gasteiger partial charge in [0.05, 0.1) is 0 Å². The molecule has 4 aromatic carbocycles. The summed E-state index contributed by atoms with van der Waals surface area (Å²) in [6.45, 7) is 5.90. The molecule has 1 aliphatic carbocycles. The lowest BCUT2D eigenvalue weighted by atomic mass is 9.87. The zero-order valence-corrected chi connectivity index (χ0v) is 27.7. The third-order valence-electron chi connectivity index (χ3n) is 8.65. The first-order valence-corrected chi connectivity index (χ1v) is 16.0. The molecule has 0 spiro atoms. The first-order valence-electron chi connectivity index (χ1n) is 16.0. The quantitative estimate of drug-likeness (QED) is 0.167. The van der Waals surface area contributed by atoms with Crippen molar-refractivity contribution in [3.63, 3.8) is 0 Å². The molecule has 248 valence electrons. The third-order valence-corrected chi connectivity index (χ3v) is 8.65. The van der Waals surface area contributed by atoms with Crippen molar-refractivity contribution >= 4 is 23.1 Å². The molecular formula is C40H40O8. The van der Waals surface area contributed by atoms with Gasteiger partial charge in [0.1, 0.15) is 46.1 Å². The minimum Gasteiger partial charge on any atom is -0.507 e. The Bertz CT molecular complexity index is 1610. The lowest BCUT2D eigenvalue weighted by Crippen LogP contribution is -2.07. The number of hydrogen-bond acceptors (Lipinski definition) is 8. The average Bonchev–Trinajstić information content (AvgIpc) is 2.96. The van der Waals surface area contributed by atoms with Crippen LogP contribution in [0.1, 0.15) is 94.5 Å². The molecular weight excluding hydrogens is 608 g/mol. The summed E-state index contributed by atoms with van der Waals surface area (Å²) < 4.78 is 0. The summed E-state index contributed by atoms with van der Waals surface area (Å²) in [5.74, 6) is -0.522. The standard InChI is InChI=1S/C40H40O8/c1-21(41)5-25-9-29-17-31-11-26(6-22(2)42)13-33(38(31)46)19-35-15-28(8-24(4)44)16-36(40(35)48)20-34-14-27(7-23(3)43)12-32(39(34)47)18-30(10-25)37(29)45/h9-16,45-48H,5-8,17-20H2,1-4H3. The van der Waals surface area contributed by atoms with E-state index in [4.69, 9.17) is 0 Å². The van der Waals surface area contributed by atoms with E-state index in [0.717, 1.165) is 0 Å². The number of ketones is 4. The van der Waals surface area contributed by atoms with Gasteiger partial charge >= 0.3 is 0 Å². The Morgan fingerprint density at radius 1 is 0.375 bits per heavy atom. The number of aromatic hydroxyl groups is 4. The smallest absolute Gasteiger partial charge is 0.134 e. The van der Waals surface area contributed by atoms with E-state index in [1.54, 1.807) is 48.5 Å². The van der Waals surface area contributed by atoms with Crippen molar-refractivity contribution in [1.29, 1.82) is 0 Å². The van der Waals surface area contributed by atoms with Crippen molar-refractivity contribution in [2.24, 2.45) is 0 Å². The van der Waals surface area contributed by atoms with E-state index in [2.05, 4.69) is 0 Å². The Kier molecular flexibility index (Phi) is 9.85. The molecule has 8 nitrogen and oxygen atoms in total. The van der Waals surface area contributed by atoms with Gasteiger partial charge in [-0.25, -0.2) is 0 Å². The number of carbonyl (C=O) groups excluding carboxylic acids is 4. The number of hydrogen-bond donors (Lipinski definition) is 4. The van der Waals surface area contributed by atoms with Crippen molar-refractivity contribution < 1.29 is 39.6 Å². The van der Waals surface area contributed by atoms with Crippen LogP contribution in [0.2, 0.25) is 0 Å². The Balaban J connectivity index is 1.82. The lowest BCUT2D eigenvalue weighted by molar-refractivity contribution is -0.117. The van der Waals surface area contributed by atoms with E-state index >= 15 is 0 Å². The van der Waals surface area contributed by atoms with Crippen molar-refractivity contribution in [2.45, 2.75) is 79.1 Å². The number of rotatable bonds is 8. The highest BCUT2D eigenvalue weighted by atomic mass is 16.3. The van der Waals surface area contributed by atoms with Crippen LogP contribution in [0.3, 0.4) is 0 Å². The monoisotopic (exact) mass is 648 g/mol. The molecule has 0 fully saturated rings. The van der Waals surface area contributed by atoms with Crippen LogP contribution < -0.4 is 0 Å². The summed E-state index contributed by atoms with van der Waals surface area (Å²) in [7, 11) is 0. The van der Waals surface area contributed by atoms with E-state index < -0.39 is 0 Å². The van der Waals surface area contributed by atoms with Gasteiger partial charge in [-0.2, -0.15) is 0 Å². The molecule has 0 aromatic heterocycles. The van der Waals surface area contributed by atoms with Crippen LogP contribution in [-0.2, 0) is 70.5 Å². The van der Waals surface area contributed by atoms with Gasteiger partial charge in [0.25, 0.3) is 0 Å². The number of Topliss-reactive ketones (excluding diaryl/α,β-unsaturated/α-hetero) is 4. The van der Waals surface area contributed by atoms with Crippen molar-refractivity contribution in [2.75, 3.05) is 0 Å². The summed E-state index contributed by atoms with van der Waals surface area (Å²) >= 11 is 0. The molecule has 0 radical (unpaired) electrons. The topological polar surface area (TPSA) is 149 Å². The first-order chi connectivity index (χ1) is 22.7. The Morgan fingerprint density at radius 3 is 0.646 bits per heavy atom. The zero-order valence-electron chi connectivity index (χ0n) is 27.7. The molecule has 4 aromatic rings. The SMILES string of the molecule is CC(=O)Cc1cc2c(O)c(c1)Cc1cc(CC(C)=O)cc(c1O)Cc1cc(CC(C)=O)cc(c1O)Cc1cc(CC(C)=O)cc(c1O)C2. The van der Waals surface area contributed by atoms with Gasteiger partial charge in [-0.1, -0.05) is 48.5 Å². The van der Waals surface area contributed by atoms with Crippen LogP contribution >= 0.6 is 0 Å². The largest absolute Gasteiger partial charge is 0.507 e. The van der Waals surface area contributed by atoms with Crippen LogP contribution in [-0.4, -0.2) is 43.6 Å². The number of fused-ring (bicyclic) bond motifs is 8. The van der Waals surface area contributed by atoms with Crippen LogP contribution in [0.5, 0.6) is 23.0 Å². The second-order valence-electron chi connectivity index (χ2n) is 13.3. The summed E-state index contributed by atoms with van der Waals surface area (Å²) in [4.78, 5) is 48.8. The molecule has 8 heteroatoms. The van der Waals surface area contributed by atoms with Crippen molar-refractivity contribution in [3.8, 4) is 23.0 Å². The van der Waals surface area contributed by atoms with Crippen LogP contribution in [0.15, 0.2) is 48.5 Å². The maximum absolute atomic E-state index is 12.2. The van der Waals surface area contributed by atoms with E-state index in [1.807, 2.05) is 0 Å². The zero-order chi connectivity index (χ0) is 34.9. The van der Waals surface area contributed by atoms with Crippen molar-refractivity contribution in [3.05, 3.63) is 115 Å². The molecule has 1 aliphatic rings. The van der Waals surface area contributed by atoms with Gasteiger partial charge in [-0.3, -0.25) is 19.2 Å². The predicted octanol–water partition coefficient (Wildman–Crippen LogP) is 5.71. The second-order valence-corrected chi connectivity index (χ2v) is 13.3. The molecule has 0 unspecified atom stereocenters. The molecule has 5 rings (SSSR count). The van der Waals surface area contributed by atoms with Crippen molar-refractivity contribution in [1.82, 2.24) is 0 Å². The minimum absolute atomic E-state index is 0.0537. The Labute approximate surface area is 279 Å². The molecule has 0 saturated carbocycles. The molecule has 48 heavy (non-hydrogen) atoms. The molecule has 8 bridgehead atoms. The van der Waals surface area contributed by atoms with E-state index in [9.17, 15) is 39.6 Å². The van der Waals surface area contributed by atoms with Crippen LogP contribution in [0, 0.1) is 0 Å². The molecule has 0 saturated heterocycles. The number of phenols is 4. The molecule has 0 heterocycles. The highest BCUT2D eigenvalue weighted by Crippen LogP contribution is 2.39. The van der Waals surface area contributed by atoms with Gasteiger partial charge in [0, 0.05) is 51.4 Å². The first kappa shape index (κ1) is 34.1. The fraction of sp³-hybridized carbons (Fsp3) is 0.300. The maximum Gasteiger partial charge on any atom is 0.134 e. The number of carbonyl (C=O) groups is 4. The molecule has 0 amide bonds. The van der Waals surface area contributed by atoms with Gasteiger partial charge < -0.3 is 20.4 Å². The lowest BCUT2D eigenvalue weighted by Gasteiger charge is -2.20. The van der Waals surface area contributed by atoms with Crippen LogP contribution in [0.4, 0.5) is 0 Å². The molecule has 4 N–H and O–H groups in total. The normalized spacial score (nSPS) is 12.4. The van der Waals surface area contributed by atoms with Gasteiger partial charge in [-0.05, 0) is 94.5 Å². The summed E-state index contributed by atoms with van der Waals surface area (Å²) in [5, 5.41) is 46.5. The summed E-state index contributed by atoms with van der Waals surface area (Å²) in [5.41, 5.74) is 6.22. The second kappa shape index (κ2) is 13.9. The summed E-state index contributed by atoms with van der Waals surface area (Å²) in [6, 6.07) is 13.8. The highest BCUT2D eigenvalue weighted by molar-refractivity contribution is 5.80. The highest BCUT2D eigenvalue weighted by Gasteiger charge is 2.22.